The molecule has 12 nitrogen and oxygen atoms in total. The monoisotopic (exact) mass is 742 g/mol. The third-order valence-electron chi connectivity index (χ3n) is 9.95. The summed E-state index contributed by atoms with van der Waals surface area (Å²) in [6.07, 6.45) is 10.7. The Balaban J connectivity index is 1.30. The van der Waals surface area contributed by atoms with E-state index < -0.39 is 23.2 Å². The van der Waals surface area contributed by atoms with Crippen LogP contribution in [-0.4, -0.2) is 71.8 Å². The predicted molar refractivity (Wildman–Crippen MR) is 187 cm³/mol. The van der Waals surface area contributed by atoms with Crippen molar-refractivity contribution in [2.45, 2.75) is 77.9 Å². The van der Waals surface area contributed by atoms with Crippen molar-refractivity contribution >= 4 is 56.2 Å². The number of aromatic nitrogens is 5. The lowest BCUT2D eigenvalue weighted by molar-refractivity contribution is -0.138. The Bertz CT molecular complexity index is 2100. The van der Waals surface area contributed by atoms with E-state index in [0.717, 1.165) is 16.7 Å². The molecule has 258 valence electrons. The third-order valence-corrected chi connectivity index (χ3v) is 10.5. The van der Waals surface area contributed by atoms with Gasteiger partial charge in [0.15, 0.2) is 11.6 Å². The molecule has 2 N–H and O–H groups in total. The maximum absolute atomic E-state index is 14.4. The van der Waals surface area contributed by atoms with Gasteiger partial charge in [-0.05, 0) is 96.8 Å². The average molecular weight is 744 g/mol. The number of nitrogens with one attached hydrogen (secondary N) is 2. The Morgan fingerprint density at radius 3 is 2.62 bits per heavy atom. The largest absolute Gasteiger partial charge is 0.355 e. The number of carbonyl (C=O) groups excluding carboxylic acids is 4. The number of amides is 3. The van der Waals surface area contributed by atoms with E-state index in [0.29, 0.717) is 67.4 Å². The zero-order valence-corrected chi connectivity index (χ0v) is 29.5. The summed E-state index contributed by atoms with van der Waals surface area (Å²) in [6, 6.07) is 4.01. The lowest BCUT2D eigenvalue weighted by atomic mass is 9.98. The molecule has 7 rings (SSSR count). The molecule has 0 spiro atoms. The molecular formula is C36H36BrFN8O4. The molecule has 2 bridgehead atoms. The molecule has 1 aromatic carbocycles. The summed E-state index contributed by atoms with van der Waals surface area (Å²) in [5.74, 6) is -0.847. The summed E-state index contributed by atoms with van der Waals surface area (Å²) in [6.45, 7) is 5.02. The van der Waals surface area contributed by atoms with E-state index in [2.05, 4.69) is 46.6 Å². The maximum Gasteiger partial charge on any atom is 0.248 e. The first-order valence-corrected chi connectivity index (χ1v) is 17.4. The number of aryl methyl sites for hydroxylation is 2. The summed E-state index contributed by atoms with van der Waals surface area (Å²) in [5, 5.41) is 11.2. The molecule has 0 unspecified atom stereocenters. The van der Waals surface area contributed by atoms with Crippen molar-refractivity contribution in [2.24, 2.45) is 5.41 Å². The zero-order valence-electron chi connectivity index (χ0n) is 27.9. The zero-order chi connectivity index (χ0) is 35.3. The van der Waals surface area contributed by atoms with E-state index in [1.165, 1.54) is 13.0 Å². The fourth-order valence-electron chi connectivity index (χ4n) is 7.28. The molecule has 1 aliphatic carbocycles. The van der Waals surface area contributed by atoms with E-state index in [1.54, 1.807) is 28.9 Å². The molecule has 5 heterocycles. The fourth-order valence-corrected chi connectivity index (χ4v) is 7.57. The number of rotatable bonds is 4. The van der Waals surface area contributed by atoms with Crippen LogP contribution < -0.4 is 10.6 Å². The Labute approximate surface area is 296 Å². The number of nitrogens with zero attached hydrogens (tertiary/aromatic N) is 6. The Morgan fingerprint density at radius 2 is 1.86 bits per heavy atom. The number of Topliss-reactive ketones (excluding diaryl/α,β-unsaturated/α-hetero) is 1. The Kier molecular flexibility index (Phi) is 8.83. The van der Waals surface area contributed by atoms with Gasteiger partial charge in [0.2, 0.25) is 17.7 Å². The summed E-state index contributed by atoms with van der Waals surface area (Å²) in [4.78, 5) is 68.6. The molecule has 3 atom stereocenters. The molecule has 1 saturated heterocycles. The van der Waals surface area contributed by atoms with Gasteiger partial charge in [0, 0.05) is 54.7 Å². The standard InChI is InChI=1S/C36H36BrFN8O4/c1-19-10-26(38)33(37)42-34(19)43-35(50)27-13-36-14-28(36)46(27)30(49)17-45-32-22(8-6-4-5-7-9-29(48)41-18-36)11-23(24-15-39-21(3)40-16-24)12-25(32)31(44-45)20(2)47/h4,6,10-12,15-16,27-28H,5,7-9,13-14,17-18H2,1-3H3,(H,41,48)(H,42,43,50)/b6-4+/t27-,28+,36-/m0/s1. The van der Waals surface area contributed by atoms with E-state index >= 15 is 0 Å². The second kappa shape index (κ2) is 13.1. The quantitative estimate of drug-likeness (QED) is 0.168. The lowest BCUT2D eigenvalue weighted by Gasteiger charge is -2.27. The number of carbonyl (C=O) groups is 4. The van der Waals surface area contributed by atoms with Gasteiger partial charge in [-0.25, -0.2) is 19.3 Å². The van der Waals surface area contributed by atoms with Crippen LogP contribution in [0.5, 0.6) is 0 Å². The molecule has 2 fully saturated rings. The van der Waals surface area contributed by atoms with Gasteiger partial charge < -0.3 is 15.5 Å². The molecule has 14 heteroatoms. The third kappa shape index (κ3) is 6.32. The van der Waals surface area contributed by atoms with Gasteiger partial charge in [-0.15, -0.1) is 0 Å². The molecule has 50 heavy (non-hydrogen) atoms. The van der Waals surface area contributed by atoms with Crippen LogP contribution in [0.3, 0.4) is 0 Å². The van der Waals surface area contributed by atoms with Crippen LogP contribution in [-0.2, 0) is 27.3 Å². The highest BCUT2D eigenvalue weighted by atomic mass is 79.9. The first-order valence-electron chi connectivity index (χ1n) is 16.6. The van der Waals surface area contributed by atoms with Crippen LogP contribution in [0.15, 0.2) is 47.3 Å². The minimum atomic E-state index is -0.869. The highest BCUT2D eigenvalue weighted by Gasteiger charge is 2.67. The summed E-state index contributed by atoms with van der Waals surface area (Å²) in [7, 11) is 0. The van der Waals surface area contributed by atoms with E-state index in [-0.39, 0.29) is 46.3 Å². The topological polar surface area (TPSA) is 152 Å². The van der Waals surface area contributed by atoms with Gasteiger partial charge >= 0.3 is 0 Å². The number of ketones is 1. The normalized spacial score (nSPS) is 22.9. The number of piperidine rings is 1. The van der Waals surface area contributed by atoms with Crippen molar-refractivity contribution in [3.63, 3.8) is 0 Å². The lowest BCUT2D eigenvalue weighted by Crippen LogP contribution is -2.47. The van der Waals surface area contributed by atoms with Crippen molar-refractivity contribution in [1.82, 2.24) is 34.9 Å². The molecule has 1 saturated carbocycles. The van der Waals surface area contributed by atoms with Crippen LogP contribution >= 0.6 is 15.9 Å². The highest BCUT2D eigenvalue weighted by Crippen LogP contribution is 2.59. The smallest absolute Gasteiger partial charge is 0.248 e. The number of hydrogen-bond donors (Lipinski definition) is 2. The second-order valence-electron chi connectivity index (χ2n) is 13.5. The minimum absolute atomic E-state index is 0.0384. The molecule has 3 amide bonds. The van der Waals surface area contributed by atoms with Gasteiger partial charge in [-0.2, -0.15) is 5.10 Å². The van der Waals surface area contributed by atoms with Crippen molar-refractivity contribution in [3.8, 4) is 11.1 Å². The van der Waals surface area contributed by atoms with Gasteiger partial charge in [0.1, 0.15) is 34.5 Å². The van der Waals surface area contributed by atoms with Crippen LogP contribution in [0, 0.1) is 25.1 Å². The van der Waals surface area contributed by atoms with Crippen molar-refractivity contribution < 1.29 is 23.6 Å². The van der Waals surface area contributed by atoms with Gasteiger partial charge in [-0.3, -0.25) is 23.9 Å². The minimum Gasteiger partial charge on any atom is -0.355 e. The second-order valence-corrected chi connectivity index (χ2v) is 14.2. The van der Waals surface area contributed by atoms with Crippen molar-refractivity contribution in [2.75, 3.05) is 11.9 Å². The van der Waals surface area contributed by atoms with Gasteiger partial charge in [0.05, 0.1) is 5.52 Å². The van der Waals surface area contributed by atoms with Gasteiger partial charge in [0.25, 0.3) is 0 Å². The summed E-state index contributed by atoms with van der Waals surface area (Å²) in [5.41, 5.74) is 3.31. The Morgan fingerprint density at radius 1 is 1.08 bits per heavy atom. The van der Waals surface area contributed by atoms with Crippen LogP contribution in [0.4, 0.5) is 10.2 Å². The molecule has 0 radical (unpaired) electrons. The number of halogens is 2. The first-order chi connectivity index (χ1) is 23.9. The summed E-state index contributed by atoms with van der Waals surface area (Å²) < 4.78 is 15.6. The van der Waals surface area contributed by atoms with E-state index in [4.69, 9.17) is 0 Å². The molecule has 2 aliphatic heterocycles. The predicted octanol–water partition coefficient (Wildman–Crippen LogP) is 5.01. The molecule has 3 aliphatic rings. The van der Waals surface area contributed by atoms with Crippen molar-refractivity contribution in [3.05, 3.63) is 75.8 Å². The van der Waals surface area contributed by atoms with Gasteiger partial charge in [-0.1, -0.05) is 12.2 Å². The molecular weight excluding hydrogens is 707 g/mol. The highest BCUT2D eigenvalue weighted by molar-refractivity contribution is 9.10. The number of benzene rings is 1. The fraction of sp³-hybridized carbons (Fsp3) is 0.389. The van der Waals surface area contributed by atoms with Crippen LogP contribution in [0.25, 0.3) is 22.0 Å². The van der Waals surface area contributed by atoms with Crippen LogP contribution in [0.2, 0.25) is 0 Å². The van der Waals surface area contributed by atoms with Crippen LogP contribution in [0.1, 0.15) is 66.5 Å². The summed E-state index contributed by atoms with van der Waals surface area (Å²) >= 11 is 3.08. The molecule has 4 aromatic rings. The van der Waals surface area contributed by atoms with E-state index in [9.17, 15) is 23.6 Å². The first kappa shape index (κ1) is 33.6. The maximum atomic E-state index is 14.4. The molecule has 3 aromatic heterocycles. The van der Waals surface area contributed by atoms with Crippen molar-refractivity contribution in [1.29, 1.82) is 0 Å². The number of hydrogen-bond acceptors (Lipinski definition) is 8. The Hall–Kier alpha value is -4.85. The average Bonchev–Trinajstić information content (AvgIpc) is 3.49. The number of pyridine rings is 1. The number of allylic oxidation sites excluding steroid dienone is 2. The number of anilines is 1. The van der Waals surface area contributed by atoms with E-state index in [1.807, 2.05) is 31.2 Å². The SMILES string of the molecule is CC(=O)c1nn2c3c(cc(-c4cnc(C)nc4)cc13)C/C=C/CCCC(=O)NC[C@@]13C[C@@H](C(=O)Nc4nc(Br)c(F)cc4C)N(C(=O)C2)[C@@H]1C3.